The van der Waals surface area contributed by atoms with Crippen LogP contribution in [0, 0.1) is 0 Å². The molecule has 0 aromatic heterocycles. The lowest BCUT2D eigenvalue weighted by Gasteiger charge is -2.20. The van der Waals surface area contributed by atoms with Crippen molar-refractivity contribution < 1.29 is 19.5 Å². The topological polar surface area (TPSA) is 82.1 Å². The second-order valence-electron chi connectivity index (χ2n) is 6.17. The molecule has 0 spiro atoms. The van der Waals surface area contributed by atoms with Crippen LogP contribution >= 0.6 is 0 Å². The van der Waals surface area contributed by atoms with Crippen LogP contribution in [0.3, 0.4) is 0 Å². The van der Waals surface area contributed by atoms with Gasteiger partial charge in [-0.1, -0.05) is 30.3 Å². The number of hydrogen-bond donors (Lipinski definition) is 2. The SMILES string of the molecule is COc1ccc(CN2CC(=O)N(c3ccccc3/C=C/C(=O)NO)C2)cc1. The number of carbonyl (C=O) groups is 2. The molecule has 3 rings (SSSR count). The number of rotatable bonds is 6. The first-order valence-electron chi connectivity index (χ1n) is 8.47. The lowest BCUT2D eigenvalue weighted by molar-refractivity contribution is -0.124. The zero-order chi connectivity index (χ0) is 19.2. The lowest BCUT2D eigenvalue weighted by Crippen LogP contribution is -2.27. The standard InChI is InChI=1S/C20H21N3O4/c1-27-17-9-6-15(7-10-17)12-22-13-20(25)23(14-22)18-5-3-2-4-16(18)8-11-19(24)21-26/h2-11,26H,12-14H2,1H3,(H,21,24)/b11-8+. The predicted molar refractivity (Wildman–Crippen MR) is 101 cm³/mol. The van der Waals surface area contributed by atoms with Gasteiger partial charge in [-0.15, -0.1) is 0 Å². The van der Waals surface area contributed by atoms with Crippen molar-refractivity contribution in [1.82, 2.24) is 10.4 Å². The largest absolute Gasteiger partial charge is 0.497 e. The number of amides is 2. The molecule has 1 aliphatic rings. The van der Waals surface area contributed by atoms with E-state index in [1.165, 1.54) is 6.08 Å². The molecule has 2 amide bonds. The Morgan fingerprint density at radius 1 is 1.22 bits per heavy atom. The summed E-state index contributed by atoms with van der Waals surface area (Å²) < 4.78 is 5.17. The molecule has 0 aliphatic carbocycles. The van der Waals surface area contributed by atoms with Gasteiger partial charge in [-0.05, 0) is 35.4 Å². The number of benzene rings is 2. The maximum atomic E-state index is 12.5. The summed E-state index contributed by atoms with van der Waals surface area (Å²) >= 11 is 0. The van der Waals surface area contributed by atoms with E-state index in [1.807, 2.05) is 53.4 Å². The fourth-order valence-corrected chi connectivity index (χ4v) is 2.99. The third-order valence-electron chi connectivity index (χ3n) is 4.32. The summed E-state index contributed by atoms with van der Waals surface area (Å²) in [7, 11) is 1.63. The maximum Gasteiger partial charge on any atom is 0.267 e. The Bertz CT molecular complexity index is 849. The van der Waals surface area contributed by atoms with Crippen molar-refractivity contribution in [3.8, 4) is 5.75 Å². The Balaban J connectivity index is 1.74. The average molecular weight is 367 g/mol. The van der Waals surface area contributed by atoms with Gasteiger partial charge < -0.3 is 4.74 Å². The van der Waals surface area contributed by atoms with Gasteiger partial charge in [0.15, 0.2) is 0 Å². The third-order valence-corrected chi connectivity index (χ3v) is 4.32. The van der Waals surface area contributed by atoms with E-state index in [1.54, 1.807) is 23.6 Å². The van der Waals surface area contributed by atoms with Crippen LogP contribution in [0.5, 0.6) is 5.75 Å². The molecule has 7 heteroatoms. The Morgan fingerprint density at radius 3 is 2.67 bits per heavy atom. The zero-order valence-electron chi connectivity index (χ0n) is 15.0. The van der Waals surface area contributed by atoms with E-state index in [2.05, 4.69) is 0 Å². The molecule has 2 aromatic carbocycles. The second kappa shape index (κ2) is 8.48. The minimum atomic E-state index is -0.626. The molecule has 7 nitrogen and oxygen atoms in total. The molecule has 0 radical (unpaired) electrons. The van der Waals surface area contributed by atoms with Crippen LogP contribution in [0.2, 0.25) is 0 Å². The van der Waals surface area contributed by atoms with Gasteiger partial charge in [-0.3, -0.25) is 24.6 Å². The summed E-state index contributed by atoms with van der Waals surface area (Å²) in [5.41, 5.74) is 4.09. The Hall–Kier alpha value is -3.16. The highest BCUT2D eigenvalue weighted by atomic mass is 16.5. The zero-order valence-corrected chi connectivity index (χ0v) is 15.0. The van der Waals surface area contributed by atoms with E-state index >= 15 is 0 Å². The minimum absolute atomic E-state index is 0.00373. The van der Waals surface area contributed by atoms with Crippen molar-refractivity contribution in [2.75, 3.05) is 25.2 Å². The number of anilines is 1. The molecule has 0 saturated carbocycles. The molecule has 140 valence electrons. The highest BCUT2D eigenvalue weighted by Crippen LogP contribution is 2.26. The molecule has 1 heterocycles. The van der Waals surface area contributed by atoms with Gasteiger partial charge in [0.1, 0.15) is 5.75 Å². The molecule has 0 unspecified atom stereocenters. The van der Waals surface area contributed by atoms with Crippen LogP contribution in [0.15, 0.2) is 54.6 Å². The van der Waals surface area contributed by atoms with Crippen molar-refractivity contribution >= 4 is 23.6 Å². The van der Waals surface area contributed by atoms with Gasteiger partial charge in [0, 0.05) is 12.6 Å². The van der Waals surface area contributed by atoms with Crippen molar-refractivity contribution in [1.29, 1.82) is 0 Å². The average Bonchev–Trinajstić information content (AvgIpc) is 3.06. The number of nitrogens with zero attached hydrogens (tertiary/aromatic N) is 2. The summed E-state index contributed by atoms with van der Waals surface area (Å²) in [6, 6.07) is 15.1. The molecule has 2 aromatic rings. The quantitative estimate of drug-likeness (QED) is 0.464. The number of carbonyl (C=O) groups excluding carboxylic acids is 2. The molecule has 0 bridgehead atoms. The number of hydrogen-bond acceptors (Lipinski definition) is 5. The predicted octanol–water partition coefficient (Wildman–Crippen LogP) is 2.02. The molecular formula is C20H21N3O4. The van der Waals surface area contributed by atoms with Crippen LogP contribution < -0.4 is 15.1 Å². The molecule has 1 aliphatic heterocycles. The Kier molecular flexibility index (Phi) is 5.85. The molecular weight excluding hydrogens is 346 g/mol. The highest BCUT2D eigenvalue weighted by molar-refractivity contribution is 5.99. The van der Waals surface area contributed by atoms with Crippen LogP contribution in [0.25, 0.3) is 6.08 Å². The number of methoxy groups -OCH3 is 1. The molecule has 0 atom stereocenters. The fourth-order valence-electron chi connectivity index (χ4n) is 2.99. The molecule has 1 saturated heterocycles. The summed E-state index contributed by atoms with van der Waals surface area (Å²) in [5.74, 6) is 0.167. The van der Waals surface area contributed by atoms with Gasteiger partial charge in [0.2, 0.25) is 5.91 Å². The van der Waals surface area contributed by atoms with Crippen LogP contribution in [0.4, 0.5) is 5.69 Å². The first-order chi connectivity index (χ1) is 13.1. The number of para-hydroxylation sites is 1. The van der Waals surface area contributed by atoms with Crippen molar-refractivity contribution in [2.24, 2.45) is 0 Å². The summed E-state index contributed by atoms with van der Waals surface area (Å²) in [4.78, 5) is 27.5. The highest BCUT2D eigenvalue weighted by Gasteiger charge is 2.29. The van der Waals surface area contributed by atoms with Gasteiger partial charge >= 0.3 is 0 Å². The lowest BCUT2D eigenvalue weighted by atomic mass is 10.1. The summed E-state index contributed by atoms with van der Waals surface area (Å²) in [6.07, 6.45) is 2.79. The van der Waals surface area contributed by atoms with E-state index in [9.17, 15) is 9.59 Å². The Morgan fingerprint density at radius 2 is 1.96 bits per heavy atom. The Labute approximate surface area is 157 Å². The molecule has 2 N–H and O–H groups in total. The monoisotopic (exact) mass is 367 g/mol. The first kappa shape index (κ1) is 18.6. The van der Waals surface area contributed by atoms with Crippen LogP contribution in [0.1, 0.15) is 11.1 Å². The minimum Gasteiger partial charge on any atom is -0.497 e. The number of nitrogens with one attached hydrogen (secondary N) is 1. The van der Waals surface area contributed by atoms with E-state index in [0.717, 1.165) is 22.6 Å². The van der Waals surface area contributed by atoms with Gasteiger partial charge in [-0.25, -0.2) is 5.48 Å². The second-order valence-corrected chi connectivity index (χ2v) is 6.17. The van der Waals surface area contributed by atoms with E-state index in [0.29, 0.717) is 19.8 Å². The third kappa shape index (κ3) is 4.52. The van der Waals surface area contributed by atoms with E-state index in [-0.39, 0.29) is 5.91 Å². The van der Waals surface area contributed by atoms with E-state index < -0.39 is 5.91 Å². The van der Waals surface area contributed by atoms with Gasteiger partial charge in [0.25, 0.3) is 5.91 Å². The molecule has 1 fully saturated rings. The number of ether oxygens (including phenoxy) is 1. The van der Waals surface area contributed by atoms with Crippen LogP contribution in [-0.4, -0.2) is 42.2 Å². The van der Waals surface area contributed by atoms with Gasteiger partial charge in [-0.2, -0.15) is 0 Å². The van der Waals surface area contributed by atoms with Crippen molar-refractivity contribution in [3.63, 3.8) is 0 Å². The smallest absolute Gasteiger partial charge is 0.267 e. The van der Waals surface area contributed by atoms with Crippen LogP contribution in [-0.2, 0) is 16.1 Å². The van der Waals surface area contributed by atoms with Crippen molar-refractivity contribution in [2.45, 2.75) is 6.54 Å². The number of hydroxylamine groups is 1. The normalized spacial score (nSPS) is 14.7. The summed E-state index contributed by atoms with van der Waals surface area (Å²) in [5, 5.41) is 8.61. The maximum absolute atomic E-state index is 12.5. The van der Waals surface area contributed by atoms with Gasteiger partial charge in [0.05, 0.1) is 26.0 Å². The fraction of sp³-hybridized carbons (Fsp3) is 0.200. The van der Waals surface area contributed by atoms with Crippen molar-refractivity contribution in [3.05, 3.63) is 65.7 Å². The summed E-state index contributed by atoms with van der Waals surface area (Å²) in [6.45, 7) is 1.43. The first-order valence-corrected chi connectivity index (χ1v) is 8.47. The van der Waals surface area contributed by atoms with E-state index in [4.69, 9.17) is 9.94 Å². The molecule has 27 heavy (non-hydrogen) atoms.